The Morgan fingerprint density at radius 2 is 1.64 bits per heavy atom. The monoisotopic (exact) mass is 378 g/mol. The highest BCUT2D eigenvalue weighted by molar-refractivity contribution is 7.88. The number of carbonyl (C=O) groups is 1. The Morgan fingerprint density at radius 1 is 1.08 bits per heavy atom. The van der Waals surface area contributed by atoms with Crippen LogP contribution in [0.2, 0.25) is 0 Å². The molecule has 25 heavy (non-hydrogen) atoms. The second-order valence-corrected chi connectivity index (χ2v) is 6.42. The van der Waals surface area contributed by atoms with Crippen LogP contribution < -0.4 is 4.18 Å². The summed E-state index contributed by atoms with van der Waals surface area (Å²) < 4.78 is 77.5. The molecule has 0 amide bonds. The standard InChI is InChI=1S/C15H10F4O5S/c1-8-9(4-2-5-10(8)14(20)21)11-6-3-7-12(13(11)16)24-25(22,23)15(17,18)19/h2-7H,1H3,(H,20,21). The van der Waals surface area contributed by atoms with Crippen molar-refractivity contribution in [1.82, 2.24) is 0 Å². The summed E-state index contributed by atoms with van der Waals surface area (Å²) in [4.78, 5) is 11.1. The van der Waals surface area contributed by atoms with Gasteiger partial charge in [-0.1, -0.05) is 24.3 Å². The SMILES string of the molecule is Cc1c(C(=O)O)cccc1-c1cccc(OS(=O)(=O)C(F)(F)F)c1F. The van der Waals surface area contributed by atoms with Crippen molar-refractivity contribution in [2.75, 3.05) is 0 Å². The van der Waals surface area contributed by atoms with Gasteiger partial charge in [0.2, 0.25) is 0 Å². The Hall–Kier alpha value is -2.62. The van der Waals surface area contributed by atoms with Gasteiger partial charge in [0.25, 0.3) is 0 Å². The first-order valence-corrected chi connectivity index (χ1v) is 7.99. The average molecular weight is 378 g/mol. The van der Waals surface area contributed by atoms with E-state index in [1.54, 1.807) is 0 Å². The highest BCUT2D eigenvalue weighted by Gasteiger charge is 2.49. The Balaban J connectivity index is 2.58. The fourth-order valence-electron chi connectivity index (χ4n) is 2.11. The molecule has 0 aliphatic carbocycles. The van der Waals surface area contributed by atoms with Crippen molar-refractivity contribution in [3.63, 3.8) is 0 Å². The number of hydrogen-bond acceptors (Lipinski definition) is 4. The first-order valence-electron chi connectivity index (χ1n) is 6.58. The maximum atomic E-state index is 14.5. The molecule has 0 saturated heterocycles. The lowest BCUT2D eigenvalue weighted by Gasteiger charge is -2.13. The molecule has 134 valence electrons. The summed E-state index contributed by atoms with van der Waals surface area (Å²) in [5.41, 5.74) is -5.91. The molecule has 2 rings (SSSR count). The van der Waals surface area contributed by atoms with Gasteiger partial charge >= 0.3 is 21.6 Å². The van der Waals surface area contributed by atoms with Crippen molar-refractivity contribution in [1.29, 1.82) is 0 Å². The van der Waals surface area contributed by atoms with Crippen LogP contribution in [0.25, 0.3) is 11.1 Å². The van der Waals surface area contributed by atoms with Crippen LogP contribution in [0.4, 0.5) is 17.6 Å². The molecule has 0 atom stereocenters. The molecule has 2 aromatic carbocycles. The van der Waals surface area contributed by atoms with E-state index in [4.69, 9.17) is 5.11 Å². The van der Waals surface area contributed by atoms with Crippen LogP contribution in [0.5, 0.6) is 5.75 Å². The minimum Gasteiger partial charge on any atom is -0.478 e. The maximum absolute atomic E-state index is 14.5. The van der Waals surface area contributed by atoms with E-state index in [0.717, 1.165) is 18.2 Å². The van der Waals surface area contributed by atoms with Crippen molar-refractivity contribution in [3.8, 4) is 16.9 Å². The quantitative estimate of drug-likeness (QED) is 0.498. The summed E-state index contributed by atoms with van der Waals surface area (Å²) in [6, 6.07) is 6.92. The smallest absolute Gasteiger partial charge is 0.478 e. The van der Waals surface area contributed by atoms with Gasteiger partial charge in [-0.25, -0.2) is 9.18 Å². The van der Waals surface area contributed by atoms with E-state index >= 15 is 0 Å². The van der Waals surface area contributed by atoms with Crippen molar-refractivity contribution in [2.24, 2.45) is 0 Å². The number of carboxylic acid groups (broad SMARTS) is 1. The predicted molar refractivity (Wildman–Crippen MR) is 79.1 cm³/mol. The summed E-state index contributed by atoms with van der Waals surface area (Å²) in [5, 5.41) is 9.08. The van der Waals surface area contributed by atoms with Crippen LogP contribution in [0.15, 0.2) is 36.4 Å². The molecule has 0 bridgehead atoms. The minimum absolute atomic E-state index is 0.0762. The Kier molecular flexibility index (Phi) is 4.76. The first kappa shape index (κ1) is 18.7. The van der Waals surface area contributed by atoms with Crippen LogP contribution >= 0.6 is 0 Å². The molecular weight excluding hydrogens is 368 g/mol. The molecule has 0 fully saturated rings. The molecule has 5 nitrogen and oxygen atoms in total. The summed E-state index contributed by atoms with van der Waals surface area (Å²) >= 11 is 0. The molecule has 0 radical (unpaired) electrons. The van der Waals surface area contributed by atoms with Crippen LogP contribution in [0.3, 0.4) is 0 Å². The lowest BCUT2D eigenvalue weighted by Crippen LogP contribution is -2.28. The Bertz CT molecular complexity index is 935. The zero-order valence-electron chi connectivity index (χ0n) is 12.5. The number of rotatable bonds is 4. The highest BCUT2D eigenvalue weighted by atomic mass is 32.2. The summed E-state index contributed by atoms with van der Waals surface area (Å²) in [7, 11) is -6.04. The van der Waals surface area contributed by atoms with Gasteiger partial charge in [0.05, 0.1) is 5.56 Å². The van der Waals surface area contributed by atoms with E-state index in [9.17, 15) is 30.8 Å². The third kappa shape index (κ3) is 3.58. The highest BCUT2D eigenvalue weighted by Crippen LogP contribution is 2.34. The second kappa shape index (κ2) is 6.36. The van der Waals surface area contributed by atoms with Crippen LogP contribution in [-0.2, 0) is 10.1 Å². The minimum atomic E-state index is -6.04. The van der Waals surface area contributed by atoms with Crippen molar-refractivity contribution < 1.29 is 40.1 Å². The van der Waals surface area contributed by atoms with E-state index < -0.39 is 33.2 Å². The van der Waals surface area contributed by atoms with Crippen LogP contribution in [-0.4, -0.2) is 25.0 Å². The lowest BCUT2D eigenvalue weighted by atomic mass is 9.96. The number of benzene rings is 2. The fraction of sp³-hybridized carbons (Fsp3) is 0.133. The van der Waals surface area contributed by atoms with Crippen LogP contribution in [0, 0.1) is 12.7 Å². The number of hydrogen-bond donors (Lipinski definition) is 1. The van der Waals surface area contributed by atoms with E-state index in [0.29, 0.717) is 0 Å². The third-order valence-corrected chi connectivity index (χ3v) is 4.27. The zero-order chi connectivity index (χ0) is 19.0. The van der Waals surface area contributed by atoms with Gasteiger partial charge in [0.15, 0.2) is 11.6 Å². The van der Waals surface area contributed by atoms with Gasteiger partial charge < -0.3 is 9.29 Å². The first-order chi connectivity index (χ1) is 11.5. The van der Waals surface area contributed by atoms with Gasteiger partial charge in [-0.3, -0.25) is 0 Å². The van der Waals surface area contributed by atoms with Crippen molar-refractivity contribution in [3.05, 3.63) is 53.3 Å². The second-order valence-electron chi connectivity index (χ2n) is 4.88. The normalized spacial score (nSPS) is 12.0. The van der Waals surface area contributed by atoms with Gasteiger partial charge in [-0.2, -0.15) is 21.6 Å². The van der Waals surface area contributed by atoms with Crippen LogP contribution in [0.1, 0.15) is 15.9 Å². The summed E-state index contributed by atoms with van der Waals surface area (Å²) in [5.74, 6) is -3.78. The molecule has 0 aromatic heterocycles. The van der Waals surface area contributed by atoms with Gasteiger partial charge in [-0.15, -0.1) is 0 Å². The maximum Gasteiger partial charge on any atom is 0.534 e. The van der Waals surface area contributed by atoms with E-state index in [2.05, 4.69) is 4.18 Å². The van der Waals surface area contributed by atoms with E-state index in [-0.39, 0.29) is 22.3 Å². The molecule has 2 aromatic rings. The van der Waals surface area contributed by atoms with Crippen molar-refractivity contribution >= 4 is 16.1 Å². The lowest BCUT2D eigenvalue weighted by molar-refractivity contribution is -0.0500. The number of halogens is 4. The van der Waals surface area contributed by atoms with E-state index in [1.165, 1.54) is 25.1 Å². The number of alkyl halides is 3. The summed E-state index contributed by atoms with van der Waals surface area (Å²) in [6.07, 6.45) is 0. The largest absolute Gasteiger partial charge is 0.534 e. The molecule has 0 spiro atoms. The topological polar surface area (TPSA) is 80.7 Å². The molecule has 10 heteroatoms. The number of aromatic carboxylic acids is 1. The van der Waals surface area contributed by atoms with Crippen molar-refractivity contribution in [2.45, 2.75) is 12.4 Å². The molecule has 0 saturated carbocycles. The van der Waals surface area contributed by atoms with Gasteiger partial charge in [-0.05, 0) is 30.2 Å². The molecule has 0 aliphatic heterocycles. The molecule has 1 N–H and O–H groups in total. The Labute approximate surface area is 139 Å². The predicted octanol–water partition coefficient (Wildman–Crippen LogP) is 3.73. The molecule has 0 aliphatic rings. The zero-order valence-corrected chi connectivity index (χ0v) is 13.3. The molecular formula is C15H10F4O5S. The van der Waals surface area contributed by atoms with E-state index in [1.807, 2.05) is 0 Å². The third-order valence-electron chi connectivity index (χ3n) is 3.30. The van der Waals surface area contributed by atoms with Gasteiger partial charge in [0.1, 0.15) is 0 Å². The summed E-state index contributed by atoms with van der Waals surface area (Å²) in [6.45, 7) is 1.39. The van der Waals surface area contributed by atoms with Gasteiger partial charge in [0, 0.05) is 5.56 Å². The Morgan fingerprint density at radius 3 is 2.20 bits per heavy atom. The fourth-order valence-corrected chi connectivity index (χ4v) is 2.57. The average Bonchev–Trinajstić information content (AvgIpc) is 2.48. The molecule has 0 unspecified atom stereocenters. The molecule has 0 heterocycles. The number of carboxylic acids is 1.